The molecule has 12 heavy (non-hydrogen) atoms. The zero-order valence-corrected chi connectivity index (χ0v) is 7.59. The highest BCUT2D eigenvalue weighted by atomic mass is 16.4. The van der Waals surface area contributed by atoms with Gasteiger partial charge in [0.05, 0.1) is 0 Å². The molecule has 0 aliphatic heterocycles. The van der Waals surface area contributed by atoms with Crippen molar-refractivity contribution in [3.8, 4) is 0 Å². The molecule has 0 radical (unpaired) electrons. The fourth-order valence-corrected chi connectivity index (χ4v) is 1.64. The van der Waals surface area contributed by atoms with E-state index in [2.05, 4.69) is 13.2 Å². The Bertz CT molecular complexity index is 126. The van der Waals surface area contributed by atoms with E-state index in [4.69, 9.17) is 5.11 Å². The molecule has 2 heteroatoms. The number of hydrogen-bond donors (Lipinski definition) is 1. The number of carboxylic acids is 1. The van der Waals surface area contributed by atoms with Crippen LogP contribution in [0.4, 0.5) is 0 Å². The molecule has 2 nitrogen and oxygen atoms in total. The second kappa shape index (κ2) is 6.89. The van der Waals surface area contributed by atoms with E-state index in [-0.39, 0.29) is 0 Å². The van der Waals surface area contributed by atoms with Gasteiger partial charge in [-0.05, 0) is 18.8 Å². The van der Waals surface area contributed by atoms with E-state index in [9.17, 15) is 4.79 Å². The predicted octanol–water partition coefficient (Wildman–Crippen LogP) is 2.84. The van der Waals surface area contributed by atoms with Gasteiger partial charge < -0.3 is 5.11 Å². The van der Waals surface area contributed by atoms with Crippen LogP contribution in [0, 0.1) is 5.92 Å². The van der Waals surface area contributed by atoms with Gasteiger partial charge in [0.25, 0.3) is 0 Å². The van der Waals surface area contributed by atoms with E-state index in [0.29, 0.717) is 12.3 Å². The number of aliphatic carboxylic acids is 1. The van der Waals surface area contributed by atoms with Crippen LogP contribution < -0.4 is 0 Å². The van der Waals surface area contributed by atoms with Crippen molar-refractivity contribution in [1.29, 1.82) is 0 Å². The van der Waals surface area contributed by atoms with Crippen molar-refractivity contribution in [3.05, 3.63) is 13.2 Å². The van der Waals surface area contributed by atoms with E-state index in [1.54, 1.807) is 0 Å². The summed E-state index contributed by atoms with van der Waals surface area (Å²) in [6.45, 7) is 6.00. The van der Waals surface area contributed by atoms with Crippen molar-refractivity contribution in [2.24, 2.45) is 5.92 Å². The van der Waals surface area contributed by atoms with Crippen LogP contribution in [-0.4, -0.2) is 11.1 Å². The summed E-state index contributed by atoms with van der Waals surface area (Å²) in [6, 6.07) is 0. The fraction of sp³-hybridized carbons (Fsp3) is 0.700. The maximum atomic E-state index is 10.3. The van der Waals surface area contributed by atoms with Crippen molar-refractivity contribution in [3.63, 3.8) is 0 Å². The second-order valence-electron chi connectivity index (χ2n) is 3.10. The van der Waals surface area contributed by atoms with Gasteiger partial charge in [0, 0.05) is 6.42 Å². The lowest BCUT2D eigenvalue weighted by atomic mass is 9.87. The maximum Gasteiger partial charge on any atom is 0.303 e. The Morgan fingerprint density at radius 3 is 2.17 bits per heavy atom. The van der Waals surface area contributed by atoms with E-state index in [1.165, 1.54) is 19.3 Å². The quantitative estimate of drug-likeness (QED) is 0.647. The standard InChI is InChI=1S/C8H14O2.C2H4/c9-8(10)6-7-4-2-1-3-5-7;1-2/h7H,1-6H2,(H,9,10);1-2H2. The molecule has 0 amide bonds. The summed E-state index contributed by atoms with van der Waals surface area (Å²) in [5.74, 6) is -0.154. The number of hydrogen-bond acceptors (Lipinski definition) is 1. The molecule has 0 aromatic heterocycles. The van der Waals surface area contributed by atoms with Crippen LogP contribution in [-0.2, 0) is 4.79 Å². The molecule has 1 rings (SSSR count). The van der Waals surface area contributed by atoms with Gasteiger partial charge in [0.1, 0.15) is 0 Å². The van der Waals surface area contributed by atoms with Crippen LogP contribution in [0.15, 0.2) is 13.2 Å². The summed E-state index contributed by atoms with van der Waals surface area (Å²) in [7, 11) is 0. The van der Waals surface area contributed by atoms with Gasteiger partial charge >= 0.3 is 5.97 Å². The maximum absolute atomic E-state index is 10.3. The Labute approximate surface area is 74.3 Å². The molecule has 1 aliphatic carbocycles. The minimum Gasteiger partial charge on any atom is -0.481 e. The lowest BCUT2D eigenvalue weighted by molar-refractivity contribution is -0.138. The molecule has 0 bridgehead atoms. The molecule has 1 fully saturated rings. The zero-order valence-electron chi connectivity index (χ0n) is 7.59. The fourth-order valence-electron chi connectivity index (χ4n) is 1.64. The van der Waals surface area contributed by atoms with E-state index < -0.39 is 5.97 Å². The van der Waals surface area contributed by atoms with E-state index >= 15 is 0 Å². The van der Waals surface area contributed by atoms with E-state index in [1.807, 2.05) is 0 Å². The third-order valence-corrected chi connectivity index (χ3v) is 2.19. The Balaban J connectivity index is 0.000000561. The van der Waals surface area contributed by atoms with Crippen LogP contribution in [0.25, 0.3) is 0 Å². The summed E-state index contributed by atoms with van der Waals surface area (Å²) >= 11 is 0. The molecular weight excluding hydrogens is 152 g/mol. The van der Waals surface area contributed by atoms with Crippen molar-refractivity contribution in [2.75, 3.05) is 0 Å². The van der Waals surface area contributed by atoms with Crippen LogP contribution >= 0.6 is 0 Å². The Kier molecular flexibility index (Phi) is 6.44. The molecule has 0 heterocycles. The zero-order chi connectivity index (χ0) is 9.40. The third-order valence-electron chi connectivity index (χ3n) is 2.19. The second-order valence-corrected chi connectivity index (χ2v) is 3.10. The minimum atomic E-state index is -0.632. The molecule has 1 N–H and O–H groups in total. The Hall–Kier alpha value is -0.790. The normalized spacial score (nSPS) is 17.7. The summed E-state index contributed by atoms with van der Waals surface area (Å²) in [5, 5.41) is 8.47. The van der Waals surface area contributed by atoms with Gasteiger partial charge in [-0.25, -0.2) is 0 Å². The van der Waals surface area contributed by atoms with Crippen LogP contribution in [0.3, 0.4) is 0 Å². The van der Waals surface area contributed by atoms with Crippen molar-refractivity contribution < 1.29 is 9.90 Å². The first-order valence-electron chi connectivity index (χ1n) is 4.51. The van der Waals surface area contributed by atoms with Crippen LogP contribution in [0.1, 0.15) is 38.5 Å². The molecule has 0 saturated heterocycles. The highest BCUT2D eigenvalue weighted by Crippen LogP contribution is 2.25. The molecule has 0 atom stereocenters. The SMILES string of the molecule is C=C.O=C(O)CC1CCCCC1. The minimum absolute atomic E-state index is 0.389. The summed E-state index contributed by atoms with van der Waals surface area (Å²) in [6.07, 6.45) is 6.42. The molecule has 0 unspecified atom stereocenters. The first-order valence-corrected chi connectivity index (χ1v) is 4.51. The topological polar surface area (TPSA) is 37.3 Å². The number of carboxylic acid groups (broad SMARTS) is 1. The smallest absolute Gasteiger partial charge is 0.303 e. The average Bonchev–Trinajstić information content (AvgIpc) is 2.08. The highest BCUT2D eigenvalue weighted by Gasteiger charge is 2.15. The molecule has 70 valence electrons. The highest BCUT2D eigenvalue weighted by molar-refractivity contribution is 5.66. The molecule has 1 aliphatic rings. The Morgan fingerprint density at radius 1 is 1.25 bits per heavy atom. The summed E-state index contributed by atoms with van der Waals surface area (Å²) < 4.78 is 0. The van der Waals surface area contributed by atoms with Crippen LogP contribution in [0.2, 0.25) is 0 Å². The van der Waals surface area contributed by atoms with Gasteiger partial charge in [-0.3, -0.25) is 4.79 Å². The number of carbonyl (C=O) groups is 1. The average molecular weight is 170 g/mol. The summed E-state index contributed by atoms with van der Waals surface area (Å²) in [5.41, 5.74) is 0. The number of rotatable bonds is 2. The third kappa shape index (κ3) is 4.94. The van der Waals surface area contributed by atoms with Crippen molar-refractivity contribution >= 4 is 5.97 Å². The molecule has 1 saturated carbocycles. The van der Waals surface area contributed by atoms with Gasteiger partial charge in [-0.15, -0.1) is 13.2 Å². The first-order chi connectivity index (χ1) is 5.79. The lowest BCUT2D eigenvalue weighted by Gasteiger charge is -2.18. The predicted molar refractivity (Wildman–Crippen MR) is 50.1 cm³/mol. The van der Waals surface area contributed by atoms with Gasteiger partial charge in [-0.2, -0.15) is 0 Å². The van der Waals surface area contributed by atoms with Gasteiger partial charge in [-0.1, -0.05) is 19.3 Å². The molecular formula is C10H18O2. The molecule has 0 spiro atoms. The lowest BCUT2D eigenvalue weighted by Crippen LogP contribution is -2.10. The van der Waals surface area contributed by atoms with Gasteiger partial charge in [0.2, 0.25) is 0 Å². The van der Waals surface area contributed by atoms with E-state index in [0.717, 1.165) is 12.8 Å². The summed E-state index contributed by atoms with van der Waals surface area (Å²) in [4.78, 5) is 10.3. The molecule has 0 aromatic carbocycles. The largest absolute Gasteiger partial charge is 0.481 e. The monoisotopic (exact) mass is 170 g/mol. The first kappa shape index (κ1) is 11.2. The van der Waals surface area contributed by atoms with Crippen molar-refractivity contribution in [2.45, 2.75) is 38.5 Å². The van der Waals surface area contributed by atoms with Crippen molar-refractivity contribution in [1.82, 2.24) is 0 Å². The molecule has 0 aromatic rings. The van der Waals surface area contributed by atoms with Gasteiger partial charge in [0.15, 0.2) is 0 Å². The van der Waals surface area contributed by atoms with Crippen LogP contribution in [0.5, 0.6) is 0 Å². The Morgan fingerprint density at radius 2 is 1.75 bits per heavy atom.